The Labute approximate surface area is 135 Å². The topological polar surface area (TPSA) is 96.0 Å². The maximum Gasteiger partial charge on any atom is 0.235 e. The standard InChI is InChI=1S/C13H22N4O3S2/c1-8(2)11-14-13(16-15-11)21-9(3)12(18)17(4)10-5-6-22(19,20)7-10/h8-10H,5-7H2,1-4H3,(H,14,15,16)/t9-,10+/m1/s1. The molecular weight excluding hydrogens is 324 g/mol. The molecule has 0 unspecified atom stereocenters. The highest BCUT2D eigenvalue weighted by molar-refractivity contribution is 8.00. The lowest BCUT2D eigenvalue weighted by Gasteiger charge is -2.25. The molecule has 0 saturated carbocycles. The largest absolute Gasteiger partial charge is 0.341 e. The molecule has 2 atom stereocenters. The predicted octanol–water partition coefficient (Wildman–Crippen LogP) is 1.05. The summed E-state index contributed by atoms with van der Waals surface area (Å²) in [5.41, 5.74) is 0. The Morgan fingerprint density at radius 2 is 2.09 bits per heavy atom. The molecule has 1 aromatic heterocycles. The van der Waals surface area contributed by atoms with E-state index < -0.39 is 9.84 Å². The second kappa shape index (κ2) is 6.57. The van der Waals surface area contributed by atoms with Gasteiger partial charge in [0.15, 0.2) is 9.84 Å². The maximum atomic E-state index is 12.4. The normalized spacial score (nSPS) is 22.0. The van der Waals surface area contributed by atoms with Crippen molar-refractivity contribution in [3.05, 3.63) is 5.82 Å². The van der Waals surface area contributed by atoms with Gasteiger partial charge in [-0.3, -0.25) is 9.89 Å². The SMILES string of the molecule is CC(C)c1nc(S[C@H](C)C(=O)N(C)[C@H]2CCS(=O)(=O)C2)n[nH]1. The van der Waals surface area contributed by atoms with Gasteiger partial charge in [-0.25, -0.2) is 13.4 Å². The highest BCUT2D eigenvalue weighted by atomic mass is 32.2. The summed E-state index contributed by atoms with van der Waals surface area (Å²) in [6, 6.07) is -0.223. The van der Waals surface area contributed by atoms with Crippen LogP contribution in [0.4, 0.5) is 0 Å². The number of carbonyl (C=O) groups excluding carboxylic acids is 1. The lowest BCUT2D eigenvalue weighted by Crippen LogP contribution is -2.41. The summed E-state index contributed by atoms with van der Waals surface area (Å²) in [5, 5.41) is 7.14. The molecule has 1 amide bonds. The first-order valence-electron chi connectivity index (χ1n) is 7.25. The van der Waals surface area contributed by atoms with E-state index in [2.05, 4.69) is 15.2 Å². The Hall–Kier alpha value is -1.09. The number of rotatable bonds is 5. The van der Waals surface area contributed by atoms with E-state index in [0.29, 0.717) is 11.6 Å². The minimum Gasteiger partial charge on any atom is -0.341 e. The smallest absolute Gasteiger partial charge is 0.235 e. The van der Waals surface area contributed by atoms with Gasteiger partial charge in [0.05, 0.1) is 16.8 Å². The third-order valence-corrected chi connectivity index (χ3v) is 6.46. The molecule has 0 bridgehead atoms. The molecule has 0 aliphatic carbocycles. The Morgan fingerprint density at radius 1 is 1.41 bits per heavy atom. The van der Waals surface area contributed by atoms with Crippen molar-refractivity contribution in [2.24, 2.45) is 0 Å². The zero-order chi connectivity index (χ0) is 16.5. The summed E-state index contributed by atoms with van der Waals surface area (Å²) >= 11 is 1.28. The quantitative estimate of drug-likeness (QED) is 0.801. The van der Waals surface area contributed by atoms with E-state index in [-0.39, 0.29) is 34.6 Å². The van der Waals surface area contributed by atoms with Gasteiger partial charge in [-0.15, -0.1) is 5.10 Å². The van der Waals surface area contributed by atoms with Gasteiger partial charge in [-0.2, -0.15) is 0 Å². The van der Waals surface area contributed by atoms with Crippen molar-refractivity contribution in [1.82, 2.24) is 20.1 Å². The Morgan fingerprint density at radius 3 is 2.59 bits per heavy atom. The summed E-state index contributed by atoms with van der Waals surface area (Å²) in [6.45, 7) is 5.81. The molecule has 22 heavy (non-hydrogen) atoms. The third-order valence-electron chi connectivity index (χ3n) is 3.76. The average molecular weight is 346 g/mol. The van der Waals surface area contributed by atoms with E-state index >= 15 is 0 Å². The van der Waals surface area contributed by atoms with Crippen LogP contribution < -0.4 is 0 Å². The van der Waals surface area contributed by atoms with Gasteiger partial charge in [-0.05, 0) is 13.3 Å². The number of carbonyl (C=O) groups is 1. The van der Waals surface area contributed by atoms with Crippen molar-refractivity contribution in [2.75, 3.05) is 18.6 Å². The highest BCUT2D eigenvalue weighted by Crippen LogP contribution is 2.24. The average Bonchev–Trinajstić information content (AvgIpc) is 3.03. The van der Waals surface area contributed by atoms with Crippen LogP contribution in [0.1, 0.15) is 38.9 Å². The van der Waals surface area contributed by atoms with Gasteiger partial charge in [0, 0.05) is 19.0 Å². The van der Waals surface area contributed by atoms with Crippen LogP contribution in [0.2, 0.25) is 0 Å². The van der Waals surface area contributed by atoms with E-state index in [1.54, 1.807) is 18.9 Å². The number of hydrogen-bond acceptors (Lipinski definition) is 6. The fraction of sp³-hybridized carbons (Fsp3) is 0.769. The van der Waals surface area contributed by atoms with Crippen LogP contribution in [-0.2, 0) is 14.6 Å². The molecule has 2 heterocycles. The number of aromatic amines is 1. The Bertz CT molecular complexity index is 641. The molecule has 124 valence electrons. The molecule has 1 aliphatic rings. The number of H-pyrrole nitrogens is 1. The minimum atomic E-state index is -3.00. The first kappa shape index (κ1) is 17.3. The van der Waals surface area contributed by atoms with E-state index in [1.165, 1.54) is 11.8 Å². The Kier molecular flexibility index (Phi) is 5.16. The number of thioether (sulfide) groups is 1. The molecular formula is C13H22N4O3S2. The Balaban J connectivity index is 1.96. The number of nitrogens with one attached hydrogen (secondary N) is 1. The summed E-state index contributed by atoms with van der Waals surface area (Å²) in [4.78, 5) is 18.3. The van der Waals surface area contributed by atoms with Crippen LogP contribution in [0, 0.1) is 0 Å². The van der Waals surface area contributed by atoms with E-state index in [1.807, 2.05) is 13.8 Å². The molecule has 0 spiro atoms. The van der Waals surface area contributed by atoms with Crippen molar-refractivity contribution in [2.45, 2.75) is 49.6 Å². The summed E-state index contributed by atoms with van der Waals surface area (Å²) in [5.74, 6) is 1.17. The lowest BCUT2D eigenvalue weighted by molar-refractivity contribution is -0.130. The lowest BCUT2D eigenvalue weighted by atomic mass is 10.2. The minimum absolute atomic E-state index is 0.0603. The number of sulfone groups is 1. The van der Waals surface area contributed by atoms with Crippen molar-refractivity contribution >= 4 is 27.5 Å². The van der Waals surface area contributed by atoms with Gasteiger partial charge in [-0.1, -0.05) is 25.6 Å². The monoisotopic (exact) mass is 346 g/mol. The number of hydrogen-bond donors (Lipinski definition) is 1. The molecule has 1 aromatic rings. The zero-order valence-corrected chi connectivity index (χ0v) is 14.9. The zero-order valence-electron chi connectivity index (χ0n) is 13.2. The highest BCUT2D eigenvalue weighted by Gasteiger charge is 2.34. The van der Waals surface area contributed by atoms with Gasteiger partial charge in [0.2, 0.25) is 11.1 Å². The summed E-state index contributed by atoms with van der Waals surface area (Å²) in [7, 11) is -1.33. The second-order valence-electron chi connectivity index (χ2n) is 5.92. The van der Waals surface area contributed by atoms with Crippen LogP contribution in [0.3, 0.4) is 0 Å². The molecule has 7 nitrogen and oxygen atoms in total. The number of amides is 1. The van der Waals surface area contributed by atoms with Gasteiger partial charge < -0.3 is 4.90 Å². The van der Waals surface area contributed by atoms with Crippen molar-refractivity contribution in [3.63, 3.8) is 0 Å². The molecule has 1 N–H and O–H groups in total. The first-order chi connectivity index (χ1) is 10.2. The summed E-state index contributed by atoms with van der Waals surface area (Å²) < 4.78 is 23.1. The molecule has 1 saturated heterocycles. The van der Waals surface area contributed by atoms with Gasteiger partial charge >= 0.3 is 0 Å². The van der Waals surface area contributed by atoms with Crippen molar-refractivity contribution in [1.29, 1.82) is 0 Å². The first-order valence-corrected chi connectivity index (χ1v) is 9.95. The molecule has 2 rings (SSSR count). The van der Waals surface area contributed by atoms with Gasteiger partial charge in [0.1, 0.15) is 5.82 Å². The molecule has 0 radical (unpaired) electrons. The molecule has 0 aromatic carbocycles. The van der Waals surface area contributed by atoms with Crippen LogP contribution in [-0.4, -0.2) is 64.3 Å². The van der Waals surface area contributed by atoms with E-state index in [0.717, 1.165) is 5.82 Å². The van der Waals surface area contributed by atoms with Crippen molar-refractivity contribution < 1.29 is 13.2 Å². The predicted molar refractivity (Wildman–Crippen MR) is 85.6 cm³/mol. The van der Waals surface area contributed by atoms with E-state index in [4.69, 9.17) is 0 Å². The fourth-order valence-corrected chi connectivity index (χ4v) is 4.93. The van der Waals surface area contributed by atoms with Crippen LogP contribution in [0.15, 0.2) is 5.16 Å². The van der Waals surface area contributed by atoms with Crippen LogP contribution in [0.5, 0.6) is 0 Å². The summed E-state index contributed by atoms with van der Waals surface area (Å²) in [6.07, 6.45) is 0.514. The third kappa shape index (κ3) is 4.01. The van der Waals surface area contributed by atoms with Gasteiger partial charge in [0.25, 0.3) is 0 Å². The van der Waals surface area contributed by atoms with Crippen molar-refractivity contribution in [3.8, 4) is 0 Å². The molecule has 1 fully saturated rings. The second-order valence-corrected chi connectivity index (χ2v) is 9.46. The molecule has 9 heteroatoms. The fourth-order valence-electron chi connectivity index (χ4n) is 2.33. The van der Waals surface area contributed by atoms with Crippen LogP contribution in [0.25, 0.3) is 0 Å². The number of nitrogens with zero attached hydrogens (tertiary/aromatic N) is 3. The maximum absolute atomic E-state index is 12.4. The number of aromatic nitrogens is 3. The van der Waals surface area contributed by atoms with E-state index in [9.17, 15) is 13.2 Å². The van der Waals surface area contributed by atoms with Crippen LogP contribution >= 0.6 is 11.8 Å². The molecule has 1 aliphatic heterocycles.